The van der Waals surface area contributed by atoms with Crippen molar-refractivity contribution in [2.24, 2.45) is 5.92 Å². The molecule has 202 valence electrons. The van der Waals surface area contributed by atoms with Gasteiger partial charge in [-0.05, 0) is 38.0 Å². The summed E-state index contributed by atoms with van der Waals surface area (Å²) in [5.41, 5.74) is 3.13. The van der Waals surface area contributed by atoms with E-state index >= 15 is 4.39 Å². The van der Waals surface area contributed by atoms with E-state index in [4.69, 9.17) is 9.72 Å². The summed E-state index contributed by atoms with van der Waals surface area (Å²) in [5, 5.41) is 2.86. The van der Waals surface area contributed by atoms with Gasteiger partial charge in [-0.25, -0.2) is 22.8 Å². The normalized spacial score (nSPS) is 21.6. The van der Waals surface area contributed by atoms with Gasteiger partial charge in [-0.2, -0.15) is 4.31 Å². The molecule has 12 heteroatoms. The first-order valence-electron chi connectivity index (χ1n) is 13.0. The first-order chi connectivity index (χ1) is 18.2. The van der Waals surface area contributed by atoms with Gasteiger partial charge in [-0.15, -0.1) is 0 Å². The van der Waals surface area contributed by atoms with Crippen LogP contribution in [0.4, 0.5) is 10.1 Å². The van der Waals surface area contributed by atoms with E-state index in [9.17, 15) is 13.2 Å². The maximum Gasteiger partial charge on any atom is 0.241 e. The standard InChI is InChI=1S/C26H31FN6O4S/c1-16(18-12-24(34)28-14-18)37-26-25-22(29-15-33(25)19-4-5-19)13-21(30-26)17-3-6-23(20(27)11-17)31-7-9-32(10-8-31)38(2,35)36/h3,6,11,13,15-16,18-19H,4-5,7-10,12,14H2,1-2H3,(H,28,34)/t16-,18-/m1/s1. The first kappa shape index (κ1) is 25.1. The maximum atomic E-state index is 15.3. The molecule has 6 rings (SSSR count). The average molecular weight is 543 g/mol. The minimum absolute atomic E-state index is 0.0219. The van der Waals surface area contributed by atoms with Crippen molar-refractivity contribution in [2.75, 3.05) is 43.9 Å². The molecular weight excluding hydrogens is 511 g/mol. The SMILES string of the molecule is C[C@@H](Oc1nc(-c2ccc(N3CCN(S(C)(=O)=O)CC3)c(F)c2)cc2ncn(C3CC3)c12)[C@H]1CNC(=O)C1. The molecule has 1 aliphatic carbocycles. The number of pyridine rings is 1. The molecule has 3 aromatic rings. The van der Waals surface area contributed by atoms with Crippen LogP contribution in [0.3, 0.4) is 0 Å². The van der Waals surface area contributed by atoms with E-state index in [1.807, 2.05) is 30.3 Å². The van der Waals surface area contributed by atoms with Crippen molar-refractivity contribution in [1.82, 2.24) is 24.2 Å². The van der Waals surface area contributed by atoms with Gasteiger partial charge in [-0.1, -0.05) is 6.07 Å². The predicted molar refractivity (Wildman–Crippen MR) is 141 cm³/mol. The molecule has 10 nitrogen and oxygen atoms in total. The van der Waals surface area contributed by atoms with Gasteiger partial charge < -0.3 is 19.5 Å². The highest BCUT2D eigenvalue weighted by Crippen LogP contribution is 2.40. The topological polar surface area (TPSA) is 110 Å². The molecule has 2 saturated heterocycles. The summed E-state index contributed by atoms with van der Waals surface area (Å²) in [6, 6.07) is 7.22. The summed E-state index contributed by atoms with van der Waals surface area (Å²) in [7, 11) is -3.26. The smallest absolute Gasteiger partial charge is 0.241 e. The Morgan fingerprint density at radius 1 is 1.16 bits per heavy atom. The van der Waals surface area contributed by atoms with E-state index in [-0.39, 0.29) is 17.9 Å². The number of amides is 1. The highest BCUT2D eigenvalue weighted by Gasteiger charge is 2.31. The first-order valence-corrected chi connectivity index (χ1v) is 14.8. The van der Waals surface area contributed by atoms with Gasteiger partial charge in [0.15, 0.2) is 0 Å². The van der Waals surface area contributed by atoms with Crippen LogP contribution in [-0.2, 0) is 14.8 Å². The number of hydrogen-bond acceptors (Lipinski definition) is 7. The Morgan fingerprint density at radius 3 is 2.55 bits per heavy atom. The molecule has 2 aliphatic heterocycles. The number of carbonyl (C=O) groups is 1. The molecule has 0 radical (unpaired) electrons. The van der Waals surface area contributed by atoms with Crippen LogP contribution in [0.1, 0.15) is 32.2 Å². The minimum Gasteiger partial charge on any atom is -0.473 e. The summed E-state index contributed by atoms with van der Waals surface area (Å²) in [6.45, 7) is 3.99. The lowest BCUT2D eigenvalue weighted by Gasteiger charge is -2.34. The summed E-state index contributed by atoms with van der Waals surface area (Å²) < 4.78 is 48.8. The number of ether oxygens (including phenoxy) is 1. The monoisotopic (exact) mass is 542 g/mol. The Labute approximate surface area is 220 Å². The Kier molecular flexibility index (Phi) is 6.26. The lowest BCUT2D eigenvalue weighted by molar-refractivity contribution is -0.119. The highest BCUT2D eigenvalue weighted by atomic mass is 32.2. The van der Waals surface area contributed by atoms with E-state index in [2.05, 4.69) is 14.9 Å². The van der Waals surface area contributed by atoms with Gasteiger partial charge in [0.05, 0.1) is 29.5 Å². The maximum absolute atomic E-state index is 15.3. The second-order valence-corrected chi connectivity index (χ2v) is 12.5. The van der Waals surface area contributed by atoms with Crippen LogP contribution in [0.15, 0.2) is 30.6 Å². The number of benzene rings is 1. The van der Waals surface area contributed by atoms with Crippen LogP contribution in [0.2, 0.25) is 0 Å². The zero-order valence-electron chi connectivity index (χ0n) is 21.4. The Balaban J connectivity index is 1.30. The van der Waals surface area contributed by atoms with Gasteiger partial charge in [0, 0.05) is 56.7 Å². The van der Waals surface area contributed by atoms with E-state index in [0.29, 0.717) is 68.0 Å². The predicted octanol–water partition coefficient (Wildman–Crippen LogP) is 2.56. The number of aromatic nitrogens is 3. The lowest BCUT2D eigenvalue weighted by Crippen LogP contribution is -2.48. The van der Waals surface area contributed by atoms with E-state index in [0.717, 1.165) is 23.9 Å². The molecule has 1 amide bonds. The lowest BCUT2D eigenvalue weighted by atomic mass is 10.0. The molecule has 1 saturated carbocycles. The number of rotatable bonds is 7. The number of piperazine rings is 1. The van der Waals surface area contributed by atoms with Crippen molar-refractivity contribution in [2.45, 2.75) is 38.3 Å². The number of sulfonamides is 1. The van der Waals surface area contributed by atoms with Crippen LogP contribution in [0.25, 0.3) is 22.3 Å². The Hall–Kier alpha value is -3.25. The van der Waals surface area contributed by atoms with Crippen LogP contribution >= 0.6 is 0 Å². The van der Waals surface area contributed by atoms with Crippen LogP contribution in [-0.4, -0.2) is 78.2 Å². The zero-order valence-corrected chi connectivity index (χ0v) is 22.2. The molecular formula is C26H31FN6O4S. The molecule has 0 spiro atoms. The summed E-state index contributed by atoms with van der Waals surface area (Å²) in [5.74, 6) is 0.107. The number of halogens is 1. The molecule has 3 fully saturated rings. The van der Waals surface area contributed by atoms with Crippen molar-refractivity contribution < 1.29 is 22.3 Å². The van der Waals surface area contributed by atoms with Crippen LogP contribution < -0.4 is 15.0 Å². The van der Waals surface area contributed by atoms with Crippen molar-refractivity contribution in [3.8, 4) is 17.1 Å². The summed E-state index contributed by atoms with van der Waals surface area (Å²) in [4.78, 5) is 23.0. The molecule has 4 heterocycles. The number of anilines is 1. The molecule has 1 aromatic carbocycles. The van der Waals surface area contributed by atoms with Gasteiger partial charge >= 0.3 is 0 Å². The van der Waals surface area contributed by atoms with Crippen molar-refractivity contribution in [3.63, 3.8) is 0 Å². The van der Waals surface area contributed by atoms with Crippen molar-refractivity contribution in [3.05, 3.63) is 36.4 Å². The van der Waals surface area contributed by atoms with Gasteiger partial charge in [0.25, 0.3) is 0 Å². The molecule has 0 unspecified atom stereocenters. The van der Waals surface area contributed by atoms with Gasteiger partial charge in [-0.3, -0.25) is 4.79 Å². The number of imidazole rings is 1. The van der Waals surface area contributed by atoms with Crippen molar-refractivity contribution in [1.29, 1.82) is 0 Å². The third-order valence-corrected chi connectivity index (χ3v) is 9.03. The Bertz CT molecular complexity index is 1500. The molecule has 38 heavy (non-hydrogen) atoms. The quantitative estimate of drug-likeness (QED) is 0.489. The fourth-order valence-electron chi connectivity index (χ4n) is 5.30. The zero-order chi connectivity index (χ0) is 26.6. The fourth-order valence-corrected chi connectivity index (χ4v) is 6.13. The van der Waals surface area contributed by atoms with E-state index in [1.54, 1.807) is 6.07 Å². The van der Waals surface area contributed by atoms with E-state index < -0.39 is 15.8 Å². The highest BCUT2D eigenvalue weighted by molar-refractivity contribution is 7.88. The minimum atomic E-state index is -3.26. The molecule has 3 aliphatic rings. The van der Waals surface area contributed by atoms with Crippen LogP contribution in [0.5, 0.6) is 5.88 Å². The Morgan fingerprint density at radius 2 is 1.92 bits per heavy atom. The second-order valence-electron chi connectivity index (χ2n) is 10.5. The second kappa shape index (κ2) is 9.49. The molecule has 1 N–H and O–H groups in total. The molecule has 2 atom stereocenters. The largest absolute Gasteiger partial charge is 0.473 e. The van der Waals surface area contributed by atoms with Gasteiger partial charge in [0.2, 0.25) is 21.8 Å². The number of hydrogen-bond donors (Lipinski definition) is 1. The number of nitrogens with one attached hydrogen (secondary N) is 1. The van der Waals surface area contributed by atoms with Gasteiger partial charge in [0.1, 0.15) is 17.4 Å². The average Bonchev–Trinajstić information content (AvgIpc) is 3.48. The number of fused-ring (bicyclic) bond motifs is 1. The number of carbonyl (C=O) groups excluding carboxylic acids is 1. The third-order valence-electron chi connectivity index (χ3n) is 7.72. The summed E-state index contributed by atoms with van der Waals surface area (Å²) >= 11 is 0. The number of nitrogens with zero attached hydrogens (tertiary/aromatic N) is 5. The van der Waals surface area contributed by atoms with E-state index in [1.165, 1.54) is 16.6 Å². The third kappa shape index (κ3) is 4.82. The molecule has 0 bridgehead atoms. The molecule has 2 aromatic heterocycles. The van der Waals surface area contributed by atoms with Crippen LogP contribution in [0, 0.1) is 11.7 Å². The summed E-state index contributed by atoms with van der Waals surface area (Å²) in [6.07, 6.45) is 5.33. The fraction of sp³-hybridized carbons (Fsp3) is 0.500. The van der Waals surface area contributed by atoms with Crippen molar-refractivity contribution >= 4 is 32.7 Å².